The van der Waals surface area contributed by atoms with Crippen LogP contribution in [0.5, 0.6) is 17.2 Å². The molecule has 0 aliphatic heterocycles. The molecule has 2 N–H and O–H groups in total. The summed E-state index contributed by atoms with van der Waals surface area (Å²) in [7, 11) is 1.57. The second-order valence-electron chi connectivity index (χ2n) is 6.49. The first kappa shape index (κ1) is 21.1. The molecule has 0 radical (unpaired) electrons. The SMILES string of the molecule is COc1ccc(OCC(=O)NNC(=O)C(C)Oc2ccc(C(C)C)cc2)cc1. The van der Waals surface area contributed by atoms with Gasteiger partial charge in [0.1, 0.15) is 17.2 Å². The molecule has 0 bridgehead atoms. The molecule has 7 nitrogen and oxygen atoms in total. The van der Waals surface area contributed by atoms with Crippen LogP contribution >= 0.6 is 0 Å². The van der Waals surface area contributed by atoms with Crippen LogP contribution in [0.3, 0.4) is 0 Å². The maximum atomic E-state index is 12.1. The molecule has 0 aliphatic rings. The van der Waals surface area contributed by atoms with E-state index in [2.05, 4.69) is 24.7 Å². The van der Waals surface area contributed by atoms with Crippen LogP contribution in [0.2, 0.25) is 0 Å². The number of methoxy groups -OCH3 is 1. The van der Waals surface area contributed by atoms with Crippen LogP contribution < -0.4 is 25.1 Å². The number of hydrogen-bond donors (Lipinski definition) is 2. The van der Waals surface area contributed by atoms with Crippen LogP contribution in [0.15, 0.2) is 48.5 Å². The van der Waals surface area contributed by atoms with Gasteiger partial charge in [0, 0.05) is 0 Å². The number of benzene rings is 2. The number of nitrogens with one attached hydrogen (secondary N) is 2. The number of amides is 2. The zero-order valence-electron chi connectivity index (χ0n) is 16.5. The van der Waals surface area contributed by atoms with Gasteiger partial charge in [-0.2, -0.15) is 0 Å². The van der Waals surface area contributed by atoms with Crippen molar-refractivity contribution in [1.29, 1.82) is 0 Å². The quantitative estimate of drug-likeness (QED) is 0.682. The van der Waals surface area contributed by atoms with Crippen molar-refractivity contribution in [3.8, 4) is 17.2 Å². The molecule has 0 saturated carbocycles. The number of hydrogen-bond acceptors (Lipinski definition) is 5. The van der Waals surface area contributed by atoms with E-state index in [1.807, 2.05) is 24.3 Å². The average Bonchev–Trinajstić information content (AvgIpc) is 2.71. The summed E-state index contributed by atoms with van der Waals surface area (Å²) in [6.07, 6.45) is -0.771. The highest BCUT2D eigenvalue weighted by atomic mass is 16.5. The summed E-state index contributed by atoms with van der Waals surface area (Å²) in [6, 6.07) is 14.4. The van der Waals surface area contributed by atoms with E-state index in [1.165, 1.54) is 5.56 Å². The largest absolute Gasteiger partial charge is 0.497 e. The third-order valence-corrected chi connectivity index (χ3v) is 3.98. The zero-order chi connectivity index (χ0) is 20.5. The van der Waals surface area contributed by atoms with Gasteiger partial charge < -0.3 is 14.2 Å². The predicted molar refractivity (Wildman–Crippen MR) is 105 cm³/mol. The standard InChI is InChI=1S/C21H26N2O5/c1-14(2)16-5-7-19(8-6-16)28-15(3)21(25)23-22-20(24)13-27-18-11-9-17(26-4)10-12-18/h5-12,14-15H,13H2,1-4H3,(H,22,24)(H,23,25). The number of carbonyl (C=O) groups excluding carboxylic acids is 2. The molecule has 150 valence electrons. The fourth-order valence-electron chi connectivity index (χ4n) is 2.28. The Kier molecular flexibility index (Phi) is 7.68. The van der Waals surface area contributed by atoms with Crippen molar-refractivity contribution < 1.29 is 23.8 Å². The Bertz CT molecular complexity index is 772. The number of rotatable bonds is 8. The lowest BCUT2D eigenvalue weighted by Crippen LogP contribution is -2.48. The zero-order valence-corrected chi connectivity index (χ0v) is 16.5. The number of ether oxygens (including phenoxy) is 3. The first-order valence-electron chi connectivity index (χ1n) is 9.01. The molecular weight excluding hydrogens is 360 g/mol. The predicted octanol–water partition coefficient (Wildman–Crippen LogP) is 2.81. The minimum absolute atomic E-state index is 0.238. The molecule has 0 aliphatic carbocycles. The van der Waals surface area contributed by atoms with E-state index in [4.69, 9.17) is 14.2 Å². The van der Waals surface area contributed by atoms with Crippen molar-refractivity contribution in [2.24, 2.45) is 0 Å². The fourth-order valence-corrected chi connectivity index (χ4v) is 2.28. The lowest BCUT2D eigenvalue weighted by atomic mass is 10.0. The molecule has 0 fully saturated rings. The second-order valence-corrected chi connectivity index (χ2v) is 6.49. The normalized spacial score (nSPS) is 11.5. The van der Waals surface area contributed by atoms with Crippen LogP contribution in [0, 0.1) is 0 Å². The summed E-state index contributed by atoms with van der Waals surface area (Å²) in [4.78, 5) is 23.9. The van der Waals surface area contributed by atoms with Gasteiger partial charge in [0.15, 0.2) is 12.7 Å². The minimum Gasteiger partial charge on any atom is -0.497 e. The molecule has 0 saturated heterocycles. The van der Waals surface area contributed by atoms with Gasteiger partial charge in [-0.25, -0.2) is 0 Å². The van der Waals surface area contributed by atoms with Crippen molar-refractivity contribution in [1.82, 2.24) is 10.9 Å². The maximum Gasteiger partial charge on any atom is 0.279 e. The van der Waals surface area contributed by atoms with Crippen molar-refractivity contribution in [2.75, 3.05) is 13.7 Å². The monoisotopic (exact) mass is 386 g/mol. The highest BCUT2D eigenvalue weighted by molar-refractivity contribution is 5.85. The Labute approximate surface area is 165 Å². The van der Waals surface area contributed by atoms with E-state index in [-0.39, 0.29) is 6.61 Å². The van der Waals surface area contributed by atoms with Gasteiger partial charge in [0.2, 0.25) is 0 Å². The molecule has 2 amide bonds. The third kappa shape index (κ3) is 6.50. The van der Waals surface area contributed by atoms with E-state index in [1.54, 1.807) is 38.3 Å². The van der Waals surface area contributed by atoms with E-state index in [0.29, 0.717) is 23.2 Å². The second kappa shape index (κ2) is 10.2. The number of hydrazine groups is 1. The molecule has 28 heavy (non-hydrogen) atoms. The van der Waals surface area contributed by atoms with E-state index in [9.17, 15) is 9.59 Å². The summed E-state index contributed by atoms with van der Waals surface area (Å²) in [6.45, 7) is 5.57. The molecule has 7 heteroatoms. The lowest BCUT2D eigenvalue weighted by molar-refractivity contribution is -0.133. The van der Waals surface area contributed by atoms with E-state index in [0.717, 1.165) is 0 Å². The molecule has 0 heterocycles. The highest BCUT2D eigenvalue weighted by Crippen LogP contribution is 2.19. The molecule has 0 aromatic heterocycles. The molecule has 1 atom stereocenters. The van der Waals surface area contributed by atoms with E-state index >= 15 is 0 Å². The van der Waals surface area contributed by atoms with Gasteiger partial charge >= 0.3 is 0 Å². The summed E-state index contributed by atoms with van der Waals surface area (Å²) >= 11 is 0. The van der Waals surface area contributed by atoms with Crippen molar-refractivity contribution in [3.63, 3.8) is 0 Å². The fraction of sp³-hybridized carbons (Fsp3) is 0.333. The van der Waals surface area contributed by atoms with Crippen molar-refractivity contribution in [3.05, 3.63) is 54.1 Å². The van der Waals surface area contributed by atoms with Gasteiger partial charge in [0.05, 0.1) is 7.11 Å². The minimum atomic E-state index is -0.771. The Morgan fingerprint density at radius 1 is 0.857 bits per heavy atom. The Hall–Kier alpha value is -3.22. The van der Waals surface area contributed by atoms with Gasteiger partial charge in [-0.3, -0.25) is 20.4 Å². The van der Waals surface area contributed by atoms with Crippen molar-refractivity contribution >= 4 is 11.8 Å². The summed E-state index contributed by atoms with van der Waals surface area (Å²) in [5.41, 5.74) is 5.81. The van der Waals surface area contributed by atoms with Gasteiger partial charge in [0.25, 0.3) is 11.8 Å². The van der Waals surface area contributed by atoms with Crippen LogP contribution in [-0.2, 0) is 9.59 Å². The third-order valence-electron chi connectivity index (χ3n) is 3.98. The first-order valence-corrected chi connectivity index (χ1v) is 9.01. The Balaban J connectivity index is 1.73. The van der Waals surface area contributed by atoms with Gasteiger partial charge in [-0.1, -0.05) is 26.0 Å². The van der Waals surface area contributed by atoms with Crippen LogP contribution in [0.4, 0.5) is 0 Å². The molecule has 0 spiro atoms. The summed E-state index contributed by atoms with van der Waals surface area (Å²) in [5, 5.41) is 0. The Morgan fingerprint density at radius 2 is 1.43 bits per heavy atom. The molecule has 2 aromatic rings. The van der Waals surface area contributed by atoms with Crippen LogP contribution in [0.1, 0.15) is 32.3 Å². The topological polar surface area (TPSA) is 85.9 Å². The Morgan fingerprint density at radius 3 is 2.00 bits per heavy atom. The number of carbonyl (C=O) groups is 2. The molecule has 2 aromatic carbocycles. The first-order chi connectivity index (χ1) is 13.4. The highest BCUT2D eigenvalue weighted by Gasteiger charge is 2.15. The van der Waals surface area contributed by atoms with Gasteiger partial charge in [-0.15, -0.1) is 0 Å². The van der Waals surface area contributed by atoms with Crippen molar-refractivity contribution in [2.45, 2.75) is 32.8 Å². The van der Waals surface area contributed by atoms with E-state index < -0.39 is 17.9 Å². The average molecular weight is 386 g/mol. The smallest absolute Gasteiger partial charge is 0.279 e. The van der Waals surface area contributed by atoms with Crippen LogP contribution in [-0.4, -0.2) is 31.6 Å². The maximum absolute atomic E-state index is 12.1. The lowest BCUT2D eigenvalue weighted by Gasteiger charge is -2.16. The molecular formula is C21H26N2O5. The van der Waals surface area contributed by atoms with Crippen LogP contribution in [0.25, 0.3) is 0 Å². The molecule has 1 unspecified atom stereocenters. The summed E-state index contributed by atoms with van der Waals surface area (Å²) < 4.78 is 16.0. The summed E-state index contributed by atoms with van der Waals surface area (Å²) in [5.74, 6) is 1.26. The molecule has 2 rings (SSSR count). The van der Waals surface area contributed by atoms with Gasteiger partial charge in [-0.05, 0) is 54.8 Å².